The molecule has 0 spiro atoms. The van der Waals surface area contributed by atoms with Crippen LogP contribution in [-0.2, 0) is 19.7 Å². The van der Waals surface area contributed by atoms with E-state index in [0.717, 1.165) is 55.9 Å². The molecular formula is C27H33BrO3. The molecule has 1 aliphatic carbocycles. The lowest BCUT2D eigenvalue weighted by atomic mass is 9.59. The molecule has 1 heterocycles. The molecule has 1 aliphatic heterocycles. The molecule has 2 atom stereocenters. The Hall–Kier alpha value is -1.49. The van der Waals surface area contributed by atoms with Gasteiger partial charge in [0.05, 0.1) is 6.10 Å². The standard InChI is InChI=1S/C27H33BrO3/c1-20-6-2-3-7-25(20)27(17-18-29,21-9-13-23(28)14-10-21)22-11-15-24(16-12-22)31-26-8-4-5-19-30-26/h2-3,6-7,9-10,13-14,18,22,24,26H,4-5,8,11-12,15-17,19H2,1H3. The Kier molecular flexibility index (Phi) is 7.63. The van der Waals surface area contributed by atoms with E-state index in [4.69, 9.17) is 9.47 Å². The minimum absolute atomic E-state index is 0.0297. The van der Waals surface area contributed by atoms with Crippen LogP contribution in [-0.4, -0.2) is 25.3 Å². The fraction of sp³-hybridized carbons (Fsp3) is 0.519. The van der Waals surface area contributed by atoms with Crippen molar-refractivity contribution in [2.24, 2.45) is 5.92 Å². The summed E-state index contributed by atoms with van der Waals surface area (Å²) >= 11 is 3.57. The van der Waals surface area contributed by atoms with Gasteiger partial charge in [0.2, 0.25) is 0 Å². The highest BCUT2D eigenvalue weighted by Crippen LogP contribution is 2.49. The zero-order chi connectivity index (χ0) is 21.7. The van der Waals surface area contributed by atoms with Crippen molar-refractivity contribution in [2.45, 2.75) is 76.1 Å². The molecule has 1 saturated carbocycles. The summed E-state index contributed by atoms with van der Waals surface area (Å²) in [4.78, 5) is 12.1. The van der Waals surface area contributed by atoms with Gasteiger partial charge >= 0.3 is 0 Å². The van der Waals surface area contributed by atoms with Crippen LogP contribution in [0.1, 0.15) is 68.1 Å². The first-order chi connectivity index (χ1) is 15.1. The van der Waals surface area contributed by atoms with Gasteiger partial charge in [-0.25, -0.2) is 0 Å². The SMILES string of the molecule is Cc1ccccc1C(CC=O)(c1ccc(Br)cc1)C1CCC(OC2CCCCO2)CC1. The fourth-order valence-electron chi connectivity index (χ4n) is 5.68. The van der Waals surface area contributed by atoms with E-state index in [1.807, 2.05) is 0 Å². The Balaban J connectivity index is 1.62. The van der Waals surface area contributed by atoms with Gasteiger partial charge in [0.15, 0.2) is 6.29 Å². The Morgan fingerprint density at radius 1 is 1.03 bits per heavy atom. The molecule has 0 amide bonds. The second-order valence-electron chi connectivity index (χ2n) is 9.07. The van der Waals surface area contributed by atoms with Crippen LogP contribution in [0.15, 0.2) is 53.0 Å². The van der Waals surface area contributed by atoms with E-state index < -0.39 is 0 Å². The summed E-state index contributed by atoms with van der Waals surface area (Å²) in [5.41, 5.74) is 3.46. The average Bonchev–Trinajstić information content (AvgIpc) is 2.80. The Morgan fingerprint density at radius 2 is 1.77 bits per heavy atom. The maximum atomic E-state index is 12.1. The first kappa shape index (κ1) is 22.7. The van der Waals surface area contributed by atoms with Gasteiger partial charge < -0.3 is 14.3 Å². The summed E-state index contributed by atoms with van der Waals surface area (Å²) in [6, 6.07) is 17.2. The number of benzene rings is 2. The maximum Gasteiger partial charge on any atom is 0.157 e. The lowest BCUT2D eigenvalue weighted by molar-refractivity contribution is -0.195. The number of rotatable bonds is 7. The molecule has 0 aromatic heterocycles. The normalized spacial score (nSPS) is 26.2. The third kappa shape index (κ3) is 4.97. The largest absolute Gasteiger partial charge is 0.353 e. The quantitative estimate of drug-likeness (QED) is 0.408. The molecule has 1 saturated heterocycles. The highest BCUT2D eigenvalue weighted by Gasteiger charge is 2.44. The van der Waals surface area contributed by atoms with Crippen molar-refractivity contribution >= 4 is 22.2 Å². The number of hydrogen-bond acceptors (Lipinski definition) is 3. The molecule has 2 aromatic carbocycles. The molecule has 4 rings (SSSR count). The first-order valence-electron chi connectivity index (χ1n) is 11.7. The van der Waals surface area contributed by atoms with Gasteiger partial charge in [-0.2, -0.15) is 0 Å². The number of carbonyl (C=O) groups is 1. The third-order valence-corrected chi connectivity index (χ3v) is 7.77. The van der Waals surface area contributed by atoms with Gasteiger partial charge in [-0.05, 0) is 86.6 Å². The van der Waals surface area contributed by atoms with E-state index >= 15 is 0 Å². The minimum Gasteiger partial charge on any atom is -0.353 e. The van der Waals surface area contributed by atoms with Gasteiger partial charge in [-0.3, -0.25) is 0 Å². The highest BCUT2D eigenvalue weighted by atomic mass is 79.9. The topological polar surface area (TPSA) is 35.5 Å². The van der Waals surface area contributed by atoms with Crippen LogP contribution in [0, 0.1) is 12.8 Å². The van der Waals surface area contributed by atoms with Gasteiger partial charge in [-0.15, -0.1) is 0 Å². The van der Waals surface area contributed by atoms with Crippen LogP contribution in [0.4, 0.5) is 0 Å². The molecule has 166 valence electrons. The van der Waals surface area contributed by atoms with E-state index in [1.54, 1.807) is 0 Å². The van der Waals surface area contributed by atoms with Crippen molar-refractivity contribution in [3.05, 3.63) is 69.7 Å². The number of hydrogen-bond donors (Lipinski definition) is 0. The monoisotopic (exact) mass is 484 g/mol. The molecule has 0 bridgehead atoms. The Labute approximate surface area is 194 Å². The van der Waals surface area contributed by atoms with E-state index in [9.17, 15) is 4.79 Å². The van der Waals surface area contributed by atoms with Crippen molar-refractivity contribution in [1.29, 1.82) is 0 Å². The van der Waals surface area contributed by atoms with Gasteiger partial charge in [0.1, 0.15) is 6.29 Å². The van der Waals surface area contributed by atoms with E-state index in [2.05, 4.69) is 71.4 Å². The summed E-state index contributed by atoms with van der Waals surface area (Å²) in [7, 11) is 0. The van der Waals surface area contributed by atoms with Crippen molar-refractivity contribution in [3.8, 4) is 0 Å². The molecule has 0 radical (unpaired) electrons. The average molecular weight is 485 g/mol. The number of ether oxygens (including phenoxy) is 2. The maximum absolute atomic E-state index is 12.1. The second kappa shape index (κ2) is 10.4. The predicted molar refractivity (Wildman–Crippen MR) is 127 cm³/mol. The summed E-state index contributed by atoms with van der Waals surface area (Å²) < 4.78 is 13.2. The van der Waals surface area contributed by atoms with E-state index in [1.165, 1.54) is 23.1 Å². The molecule has 2 fully saturated rings. The van der Waals surface area contributed by atoms with Crippen molar-refractivity contribution in [3.63, 3.8) is 0 Å². The van der Waals surface area contributed by atoms with Crippen molar-refractivity contribution in [1.82, 2.24) is 0 Å². The third-order valence-electron chi connectivity index (χ3n) is 7.24. The van der Waals surface area contributed by atoms with Crippen molar-refractivity contribution in [2.75, 3.05) is 6.61 Å². The lowest BCUT2D eigenvalue weighted by Gasteiger charge is -2.45. The number of halogens is 1. The lowest BCUT2D eigenvalue weighted by Crippen LogP contribution is -2.41. The summed E-state index contributed by atoms with van der Waals surface area (Å²) in [6.45, 7) is 2.99. The molecule has 3 nitrogen and oxygen atoms in total. The van der Waals surface area contributed by atoms with Crippen LogP contribution in [0.25, 0.3) is 0 Å². The number of aldehydes is 1. The molecule has 31 heavy (non-hydrogen) atoms. The number of carbonyl (C=O) groups excluding carboxylic acids is 1. The summed E-state index contributed by atoms with van der Waals surface area (Å²) in [6.07, 6.45) is 9.34. The number of aryl methyl sites for hydroxylation is 1. The highest BCUT2D eigenvalue weighted by molar-refractivity contribution is 9.10. The van der Waals surface area contributed by atoms with Crippen LogP contribution in [0.3, 0.4) is 0 Å². The van der Waals surface area contributed by atoms with E-state index in [0.29, 0.717) is 12.3 Å². The summed E-state index contributed by atoms with van der Waals surface area (Å²) in [5, 5.41) is 0. The first-order valence-corrected chi connectivity index (χ1v) is 12.5. The van der Waals surface area contributed by atoms with E-state index in [-0.39, 0.29) is 17.8 Å². The molecule has 2 unspecified atom stereocenters. The van der Waals surface area contributed by atoms with Crippen LogP contribution >= 0.6 is 15.9 Å². The zero-order valence-electron chi connectivity index (χ0n) is 18.4. The molecule has 2 aliphatic rings. The smallest absolute Gasteiger partial charge is 0.157 e. The molecule has 0 N–H and O–H groups in total. The van der Waals surface area contributed by atoms with Crippen LogP contribution in [0.5, 0.6) is 0 Å². The minimum atomic E-state index is -0.305. The van der Waals surface area contributed by atoms with Crippen molar-refractivity contribution < 1.29 is 14.3 Å². The Bertz CT molecular complexity index is 851. The molecule has 2 aromatic rings. The van der Waals surface area contributed by atoms with Gasteiger partial charge in [-0.1, -0.05) is 52.3 Å². The second-order valence-corrected chi connectivity index (χ2v) is 9.99. The van der Waals surface area contributed by atoms with Gasteiger partial charge in [0.25, 0.3) is 0 Å². The van der Waals surface area contributed by atoms with Crippen LogP contribution < -0.4 is 0 Å². The fourth-order valence-corrected chi connectivity index (χ4v) is 5.95. The Morgan fingerprint density at radius 3 is 2.42 bits per heavy atom. The summed E-state index contributed by atoms with van der Waals surface area (Å²) in [5.74, 6) is 0.395. The van der Waals surface area contributed by atoms with Crippen LogP contribution in [0.2, 0.25) is 0 Å². The zero-order valence-corrected chi connectivity index (χ0v) is 20.0. The molecule has 4 heteroatoms. The predicted octanol–water partition coefficient (Wildman–Crippen LogP) is 6.73. The molecular weight excluding hydrogens is 452 g/mol. The van der Waals surface area contributed by atoms with Gasteiger partial charge in [0, 0.05) is 22.9 Å².